The van der Waals surface area contributed by atoms with Crippen molar-refractivity contribution in [3.8, 4) is 5.75 Å². The maximum absolute atomic E-state index is 13.3. The smallest absolute Gasteiger partial charge is 0.290 e. The molecule has 1 aliphatic heterocycles. The highest BCUT2D eigenvalue weighted by molar-refractivity contribution is 6.14. The normalized spacial score (nSPS) is 16.2. The number of aliphatic hydroxyl groups is 1. The molecule has 0 aromatic heterocycles. The zero-order valence-electron chi connectivity index (χ0n) is 20.2. The van der Waals surface area contributed by atoms with Crippen molar-refractivity contribution in [3.05, 3.63) is 83.1 Å². The Labute approximate surface area is 202 Å². The number of amides is 1. The highest BCUT2D eigenvalue weighted by atomic mass is 16.5. The van der Waals surface area contributed by atoms with Gasteiger partial charge in [0.2, 0.25) is 0 Å². The summed E-state index contributed by atoms with van der Waals surface area (Å²) in [5, 5.41) is 10.8. The minimum Gasteiger partial charge on any atom is -0.503 e. The molecule has 0 fully saturated rings. The van der Waals surface area contributed by atoms with Crippen LogP contribution in [0.15, 0.2) is 72.0 Å². The fourth-order valence-corrected chi connectivity index (χ4v) is 4.25. The van der Waals surface area contributed by atoms with Gasteiger partial charge in [0.25, 0.3) is 5.91 Å². The first-order valence-electron chi connectivity index (χ1n) is 12.0. The molecule has 0 saturated carbocycles. The van der Waals surface area contributed by atoms with Gasteiger partial charge in [-0.25, -0.2) is 0 Å². The van der Waals surface area contributed by atoms with Gasteiger partial charge in [0.15, 0.2) is 11.5 Å². The molecule has 0 aliphatic carbocycles. The number of benzene rings is 2. The fourth-order valence-electron chi connectivity index (χ4n) is 4.25. The second-order valence-electron chi connectivity index (χ2n) is 8.16. The van der Waals surface area contributed by atoms with E-state index in [1.165, 1.54) is 6.08 Å². The van der Waals surface area contributed by atoms with E-state index < -0.39 is 17.7 Å². The van der Waals surface area contributed by atoms with Crippen LogP contribution in [-0.4, -0.2) is 59.4 Å². The zero-order chi connectivity index (χ0) is 24.5. The molecule has 0 saturated heterocycles. The number of ketones is 1. The van der Waals surface area contributed by atoms with E-state index >= 15 is 0 Å². The molecule has 6 heteroatoms. The third-order valence-corrected chi connectivity index (χ3v) is 6.05. The van der Waals surface area contributed by atoms with E-state index in [1.807, 2.05) is 61.5 Å². The molecule has 3 rings (SSSR count). The molecule has 0 spiro atoms. The second kappa shape index (κ2) is 12.2. The molecule has 34 heavy (non-hydrogen) atoms. The summed E-state index contributed by atoms with van der Waals surface area (Å²) in [5.74, 6) is -0.707. The van der Waals surface area contributed by atoms with Gasteiger partial charge in [-0.05, 0) is 62.3 Å². The van der Waals surface area contributed by atoms with Gasteiger partial charge in [-0.1, -0.05) is 62.4 Å². The lowest BCUT2D eigenvalue weighted by Crippen LogP contribution is -2.34. The molecule has 0 bridgehead atoms. The average molecular weight is 463 g/mol. The minimum absolute atomic E-state index is 0.105. The van der Waals surface area contributed by atoms with E-state index in [0.717, 1.165) is 37.2 Å². The summed E-state index contributed by atoms with van der Waals surface area (Å²) in [6, 6.07) is 16.2. The SMILES string of the molecule is CCOc1cccc(C2C(C(=O)/C=C/c3ccccc3)=C(O)C(=O)N2CCCN(CC)CC)c1. The van der Waals surface area contributed by atoms with Crippen LogP contribution in [0.3, 0.4) is 0 Å². The molecule has 1 aliphatic rings. The van der Waals surface area contributed by atoms with Crippen LogP contribution in [-0.2, 0) is 9.59 Å². The Bertz CT molecular complexity index is 1040. The molecule has 1 N–H and O–H groups in total. The van der Waals surface area contributed by atoms with Gasteiger partial charge in [0.05, 0.1) is 18.2 Å². The first-order chi connectivity index (χ1) is 16.5. The summed E-state index contributed by atoms with van der Waals surface area (Å²) in [5.41, 5.74) is 1.71. The predicted octanol–water partition coefficient (Wildman–Crippen LogP) is 4.80. The van der Waals surface area contributed by atoms with E-state index in [-0.39, 0.29) is 11.4 Å². The first kappa shape index (κ1) is 25.2. The maximum atomic E-state index is 13.3. The van der Waals surface area contributed by atoms with Crippen molar-refractivity contribution in [1.82, 2.24) is 9.80 Å². The van der Waals surface area contributed by atoms with E-state index in [2.05, 4.69) is 18.7 Å². The van der Waals surface area contributed by atoms with Crippen LogP contribution in [0.4, 0.5) is 0 Å². The fraction of sp³-hybridized carbons (Fsp3) is 0.357. The Hall–Kier alpha value is -3.38. The number of carbonyl (C=O) groups excluding carboxylic acids is 2. The molecular weight excluding hydrogens is 428 g/mol. The van der Waals surface area contributed by atoms with Crippen LogP contribution < -0.4 is 4.74 Å². The Balaban J connectivity index is 1.93. The monoisotopic (exact) mass is 462 g/mol. The second-order valence-corrected chi connectivity index (χ2v) is 8.16. The number of allylic oxidation sites excluding steroid dienone is 1. The summed E-state index contributed by atoms with van der Waals surface area (Å²) < 4.78 is 5.65. The Morgan fingerprint density at radius 2 is 1.82 bits per heavy atom. The molecule has 1 unspecified atom stereocenters. The number of carbonyl (C=O) groups is 2. The quantitative estimate of drug-likeness (QED) is 0.459. The predicted molar refractivity (Wildman–Crippen MR) is 135 cm³/mol. The Morgan fingerprint density at radius 3 is 2.50 bits per heavy atom. The van der Waals surface area contributed by atoms with Gasteiger partial charge < -0.3 is 19.6 Å². The Morgan fingerprint density at radius 1 is 1.09 bits per heavy atom. The van der Waals surface area contributed by atoms with Crippen molar-refractivity contribution in [2.24, 2.45) is 0 Å². The zero-order valence-corrected chi connectivity index (χ0v) is 20.2. The minimum atomic E-state index is -0.669. The van der Waals surface area contributed by atoms with Crippen molar-refractivity contribution >= 4 is 17.8 Å². The number of rotatable bonds is 12. The third kappa shape index (κ3) is 5.94. The summed E-state index contributed by atoms with van der Waals surface area (Å²) in [6.07, 6.45) is 3.86. The summed E-state index contributed by atoms with van der Waals surface area (Å²) >= 11 is 0. The molecule has 1 amide bonds. The standard InChI is InChI=1S/C28H34N2O4/c1-4-29(5-2)18-11-19-30-26(22-14-10-15-23(20-22)34-6-3)25(27(32)28(30)33)24(31)17-16-21-12-8-7-9-13-21/h7-10,12-17,20,26,32H,4-6,11,18-19H2,1-3H3/b17-16+. The van der Waals surface area contributed by atoms with Gasteiger partial charge in [-0.3, -0.25) is 9.59 Å². The van der Waals surface area contributed by atoms with Crippen molar-refractivity contribution in [2.45, 2.75) is 33.2 Å². The molecule has 180 valence electrons. The van der Waals surface area contributed by atoms with Crippen LogP contribution in [0.5, 0.6) is 5.75 Å². The largest absolute Gasteiger partial charge is 0.503 e. The van der Waals surface area contributed by atoms with Crippen LogP contribution >= 0.6 is 0 Å². The number of hydrogen-bond donors (Lipinski definition) is 1. The molecule has 2 aromatic rings. The summed E-state index contributed by atoms with van der Waals surface area (Å²) in [4.78, 5) is 30.3. The number of nitrogens with zero attached hydrogens (tertiary/aromatic N) is 2. The van der Waals surface area contributed by atoms with Crippen LogP contribution in [0.25, 0.3) is 6.08 Å². The van der Waals surface area contributed by atoms with Crippen molar-refractivity contribution in [2.75, 3.05) is 32.8 Å². The average Bonchev–Trinajstić information content (AvgIpc) is 3.11. The lowest BCUT2D eigenvalue weighted by atomic mass is 9.95. The maximum Gasteiger partial charge on any atom is 0.290 e. The number of aliphatic hydroxyl groups excluding tert-OH is 1. The molecule has 1 atom stereocenters. The van der Waals surface area contributed by atoms with E-state index in [0.29, 0.717) is 18.9 Å². The van der Waals surface area contributed by atoms with Crippen LogP contribution in [0.1, 0.15) is 44.4 Å². The topological polar surface area (TPSA) is 70.1 Å². The lowest BCUT2D eigenvalue weighted by molar-refractivity contribution is -0.129. The van der Waals surface area contributed by atoms with Crippen molar-refractivity contribution in [1.29, 1.82) is 0 Å². The van der Waals surface area contributed by atoms with Gasteiger partial charge >= 0.3 is 0 Å². The van der Waals surface area contributed by atoms with Crippen molar-refractivity contribution < 1.29 is 19.4 Å². The van der Waals surface area contributed by atoms with Crippen LogP contribution in [0.2, 0.25) is 0 Å². The van der Waals surface area contributed by atoms with E-state index in [9.17, 15) is 14.7 Å². The van der Waals surface area contributed by atoms with E-state index in [1.54, 1.807) is 11.0 Å². The van der Waals surface area contributed by atoms with Gasteiger partial charge in [-0.15, -0.1) is 0 Å². The molecule has 0 radical (unpaired) electrons. The van der Waals surface area contributed by atoms with Crippen LogP contribution in [0, 0.1) is 0 Å². The molecular formula is C28H34N2O4. The van der Waals surface area contributed by atoms with Gasteiger partial charge in [0.1, 0.15) is 5.75 Å². The van der Waals surface area contributed by atoms with E-state index in [4.69, 9.17) is 4.74 Å². The van der Waals surface area contributed by atoms with Gasteiger partial charge in [-0.2, -0.15) is 0 Å². The highest BCUT2D eigenvalue weighted by Crippen LogP contribution is 2.39. The number of hydrogen-bond acceptors (Lipinski definition) is 5. The Kier molecular flexibility index (Phi) is 9.05. The summed E-state index contributed by atoms with van der Waals surface area (Å²) in [6.45, 7) is 9.76. The molecule has 1 heterocycles. The third-order valence-electron chi connectivity index (χ3n) is 6.05. The summed E-state index contributed by atoms with van der Waals surface area (Å²) in [7, 11) is 0. The molecule has 6 nitrogen and oxygen atoms in total. The number of ether oxygens (including phenoxy) is 1. The lowest BCUT2D eigenvalue weighted by Gasteiger charge is -2.28. The highest BCUT2D eigenvalue weighted by Gasteiger charge is 2.42. The first-order valence-corrected chi connectivity index (χ1v) is 12.0. The van der Waals surface area contributed by atoms with Crippen molar-refractivity contribution in [3.63, 3.8) is 0 Å². The van der Waals surface area contributed by atoms with Gasteiger partial charge in [0, 0.05) is 6.54 Å². The molecule has 2 aromatic carbocycles.